The normalized spacial score (nSPS) is 8.73. The molecule has 0 atom stereocenters. The zero-order valence-corrected chi connectivity index (χ0v) is 14.1. The highest BCUT2D eigenvalue weighted by Crippen LogP contribution is 2.05. The number of aromatic nitrogens is 5. The minimum absolute atomic E-state index is 0.710. The summed E-state index contributed by atoms with van der Waals surface area (Å²) in [5.41, 5.74) is 0.710. The monoisotopic (exact) mass is 342 g/mol. The van der Waals surface area contributed by atoms with Gasteiger partial charge in [-0.15, -0.1) is 0 Å². The van der Waals surface area contributed by atoms with Crippen molar-refractivity contribution in [1.29, 1.82) is 5.26 Å². The molecule has 0 amide bonds. The lowest BCUT2D eigenvalue weighted by Gasteiger charge is -1.88. The Morgan fingerprint density at radius 3 is 1.92 bits per heavy atom. The molecule has 0 aliphatic carbocycles. The topological polar surface area (TPSA) is 83.2 Å². The molecule has 2 aromatic rings. The highest BCUT2D eigenvalue weighted by atomic mass is 15.5. The molecule has 1 N–H and O–H groups in total. The number of benzene rings is 1. The average Bonchev–Trinajstić information content (AvgIpc) is 2.67. The molecule has 0 radical (unpaired) electrons. The lowest BCUT2D eigenvalue weighted by molar-refractivity contribution is 0.683. The zero-order valence-electron chi connectivity index (χ0n) is 14.1. The number of aromatic amines is 1. The van der Waals surface area contributed by atoms with Crippen LogP contribution in [0.25, 0.3) is 10.9 Å². The van der Waals surface area contributed by atoms with Crippen molar-refractivity contribution in [3.05, 3.63) is 103 Å². The van der Waals surface area contributed by atoms with Crippen LogP contribution in [-0.2, 0) is 0 Å². The minimum atomic E-state index is 0.710. The molecule has 1 aromatic carbocycles. The van der Waals surface area contributed by atoms with E-state index in [-0.39, 0.29) is 0 Å². The van der Waals surface area contributed by atoms with Gasteiger partial charge < -0.3 is 0 Å². The van der Waals surface area contributed by atoms with Gasteiger partial charge in [-0.2, -0.15) is 20.3 Å². The van der Waals surface area contributed by atoms with Gasteiger partial charge in [0.1, 0.15) is 0 Å². The van der Waals surface area contributed by atoms with Crippen molar-refractivity contribution >= 4 is 10.9 Å². The van der Waals surface area contributed by atoms with E-state index in [1.165, 1.54) is 6.20 Å². The second-order valence-electron chi connectivity index (χ2n) is 4.84. The van der Waals surface area contributed by atoms with Crippen LogP contribution in [0.4, 0.5) is 0 Å². The van der Waals surface area contributed by atoms with Gasteiger partial charge in [0.25, 0.3) is 0 Å². The molecule has 0 aliphatic heterocycles. The number of nitriles is 1. The number of nitrogens with one attached hydrogen (secondary N) is 1. The number of hydrogen-bond acceptors (Lipinski definition) is 4. The van der Waals surface area contributed by atoms with E-state index in [4.69, 9.17) is 5.26 Å². The maximum absolute atomic E-state index is 9.01. The third-order valence-electron chi connectivity index (χ3n) is 3.01. The van der Waals surface area contributed by atoms with Crippen LogP contribution < -0.4 is 0 Å². The van der Waals surface area contributed by atoms with Crippen LogP contribution in [0.2, 0.25) is 0 Å². The maximum Gasteiger partial charge on any atom is 0.207 e. The maximum atomic E-state index is 9.01. The Kier molecular flexibility index (Phi) is 8.15. The summed E-state index contributed by atoms with van der Waals surface area (Å²) in [6.07, 6.45) is 3.36. The summed E-state index contributed by atoms with van der Waals surface area (Å²) in [7, 11) is 0. The fraction of sp³-hybridized carbons (Fsp3) is 0. The van der Waals surface area contributed by atoms with Crippen LogP contribution in [0.15, 0.2) is 103 Å². The van der Waals surface area contributed by atoms with Gasteiger partial charge in [0, 0.05) is 11.6 Å². The molecule has 0 bridgehead atoms. The van der Waals surface area contributed by atoms with E-state index in [1.807, 2.05) is 91.1 Å². The molecule has 6 nitrogen and oxygen atoms in total. The van der Waals surface area contributed by atoms with E-state index in [0.29, 0.717) is 5.52 Å². The summed E-state index contributed by atoms with van der Waals surface area (Å²) in [6.45, 7) is 0. The number of H-pyrrole nitrogens is 1. The SMILES string of the molecule is N#Cn1cccccccccccccc2ccccc2n[nH]nn1. The number of fused-ring (bicyclic) bond motifs is 1. The molecule has 0 fully saturated rings. The third kappa shape index (κ3) is 7.06. The number of rotatable bonds is 0. The van der Waals surface area contributed by atoms with Crippen LogP contribution in [-0.4, -0.2) is 25.4 Å². The summed E-state index contributed by atoms with van der Waals surface area (Å²) in [6, 6.07) is 30.3. The molecule has 26 heavy (non-hydrogen) atoms. The van der Waals surface area contributed by atoms with Crippen molar-refractivity contribution in [2.24, 2.45) is 0 Å². The predicted molar refractivity (Wildman–Crippen MR) is 101 cm³/mol. The first-order valence-electron chi connectivity index (χ1n) is 7.89. The van der Waals surface area contributed by atoms with Crippen molar-refractivity contribution in [2.75, 3.05) is 0 Å². The number of hydrogen-bond donors (Lipinski definition) is 1. The highest BCUT2D eigenvalue weighted by molar-refractivity contribution is 5.76. The molecule has 6 heteroatoms. The zero-order chi connectivity index (χ0) is 18.3. The fourth-order valence-corrected chi connectivity index (χ4v) is 1.83. The molecule has 0 spiro atoms. The van der Waals surface area contributed by atoms with Crippen molar-refractivity contribution in [3.8, 4) is 6.19 Å². The lowest BCUT2D eigenvalue weighted by atomic mass is 10.2. The van der Waals surface area contributed by atoms with E-state index in [2.05, 4.69) is 20.7 Å². The Morgan fingerprint density at radius 1 is 0.731 bits per heavy atom. The second-order valence-corrected chi connectivity index (χ2v) is 4.84. The van der Waals surface area contributed by atoms with Gasteiger partial charge in [0.05, 0.1) is 5.52 Å². The smallest absolute Gasteiger partial charge is 0.177 e. The van der Waals surface area contributed by atoms with Gasteiger partial charge in [-0.3, -0.25) is 0 Å². The van der Waals surface area contributed by atoms with E-state index in [9.17, 15) is 0 Å². The molecule has 1 heterocycles. The minimum Gasteiger partial charge on any atom is -0.177 e. The van der Waals surface area contributed by atoms with Gasteiger partial charge in [-0.25, -0.2) is 0 Å². The van der Waals surface area contributed by atoms with E-state index in [1.54, 1.807) is 12.1 Å². The molecule has 2 rings (SSSR count). The highest BCUT2D eigenvalue weighted by Gasteiger charge is 1.85. The standard InChI is InChI=1S/C20H18N6/c21-18-26-17-13-9-7-5-3-1-2-4-6-8-10-14-19-15-11-12-16-20(19)22-23-24-25-26/h1-17H,(H,23,25). The van der Waals surface area contributed by atoms with Gasteiger partial charge >= 0.3 is 0 Å². The number of para-hydroxylation sites is 1. The molecule has 0 unspecified atom stereocenters. The van der Waals surface area contributed by atoms with Crippen LogP contribution in [0.5, 0.6) is 0 Å². The predicted octanol–water partition coefficient (Wildman–Crippen LogP) is 3.98. The Labute approximate surface area is 151 Å². The molecule has 128 valence electrons. The first kappa shape index (κ1) is 18.4. The summed E-state index contributed by atoms with van der Waals surface area (Å²) >= 11 is 0. The Balaban J connectivity index is 2.59. The van der Waals surface area contributed by atoms with Crippen LogP contribution in [0.1, 0.15) is 0 Å². The van der Waals surface area contributed by atoms with E-state index >= 15 is 0 Å². The number of nitrogens with zero attached hydrogens (tertiary/aromatic N) is 5. The van der Waals surface area contributed by atoms with Gasteiger partial charge in [-0.05, 0) is 22.6 Å². The van der Waals surface area contributed by atoms with Crippen LogP contribution in [0.3, 0.4) is 0 Å². The lowest BCUT2D eigenvalue weighted by Crippen LogP contribution is -1.96. The third-order valence-corrected chi connectivity index (χ3v) is 3.01. The van der Waals surface area contributed by atoms with Crippen molar-refractivity contribution in [2.45, 2.75) is 0 Å². The van der Waals surface area contributed by atoms with Crippen LogP contribution >= 0.6 is 0 Å². The van der Waals surface area contributed by atoms with Gasteiger partial charge in [0.15, 0.2) is 0 Å². The molecule has 0 aliphatic rings. The van der Waals surface area contributed by atoms with Crippen molar-refractivity contribution in [3.63, 3.8) is 0 Å². The fourth-order valence-electron chi connectivity index (χ4n) is 1.83. The molecule has 0 saturated carbocycles. The first-order chi connectivity index (χ1) is 12.9. The van der Waals surface area contributed by atoms with Crippen molar-refractivity contribution in [1.82, 2.24) is 25.4 Å². The summed E-state index contributed by atoms with van der Waals surface area (Å²) in [5.74, 6) is 0. The quantitative estimate of drug-likeness (QED) is 0.785. The van der Waals surface area contributed by atoms with Crippen LogP contribution in [0, 0.1) is 11.5 Å². The first-order valence-corrected chi connectivity index (χ1v) is 7.89. The van der Waals surface area contributed by atoms with E-state index < -0.39 is 0 Å². The molecule has 0 saturated heterocycles. The summed E-state index contributed by atoms with van der Waals surface area (Å²) in [4.78, 5) is 0. The van der Waals surface area contributed by atoms with Gasteiger partial charge in [-0.1, -0.05) is 84.9 Å². The molecular formula is C20H18N6. The van der Waals surface area contributed by atoms with Crippen molar-refractivity contribution < 1.29 is 0 Å². The average molecular weight is 342 g/mol. The Hall–Kier alpha value is -3.98. The summed E-state index contributed by atoms with van der Waals surface area (Å²) in [5, 5.41) is 24.0. The Morgan fingerprint density at radius 2 is 1.27 bits per heavy atom. The summed E-state index contributed by atoms with van der Waals surface area (Å²) < 4.78 is 1.01. The van der Waals surface area contributed by atoms with Gasteiger partial charge in [0.2, 0.25) is 6.19 Å². The second kappa shape index (κ2) is 11.5. The molecular weight excluding hydrogens is 324 g/mol. The molecule has 1 aromatic heterocycles. The van der Waals surface area contributed by atoms with E-state index in [0.717, 1.165) is 10.1 Å². The largest absolute Gasteiger partial charge is 0.207 e. The Bertz CT molecular complexity index is 981.